The molecule has 0 atom stereocenters. The Kier molecular flexibility index (Phi) is 5.45. The van der Waals surface area contributed by atoms with Crippen molar-refractivity contribution < 1.29 is 4.79 Å². The third-order valence-corrected chi connectivity index (χ3v) is 3.72. The van der Waals surface area contributed by atoms with Gasteiger partial charge in [-0.3, -0.25) is 4.79 Å². The van der Waals surface area contributed by atoms with Gasteiger partial charge in [0.05, 0.1) is 6.54 Å². The second-order valence-corrected chi connectivity index (χ2v) is 6.04. The number of para-hydroxylation sites is 1. The highest BCUT2D eigenvalue weighted by Gasteiger charge is 2.08. The van der Waals surface area contributed by atoms with Gasteiger partial charge in [0.25, 0.3) is 0 Å². The summed E-state index contributed by atoms with van der Waals surface area (Å²) in [6.45, 7) is 6.42. The van der Waals surface area contributed by atoms with Crippen LogP contribution in [0.1, 0.15) is 30.9 Å². The van der Waals surface area contributed by atoms with Gasteiger partial charge >= 0.3 is 0 Å². The van der Waals surface area contributed by atoms with E-state index in [-0.39, 0.29) is 12.5 Å². The van der Waals surface area contributed by atoms with Gasteiger partial charge in [-0.2, -0.15) is 0 Å². The number of carbonyl (C=O) groups excluding carboxylic acids is 1. The Labute approximate surface area is 136 Å². The highest BCUT2D eigenvalue weighted by molar-refractivity contribution is 6.30. The first kappa shape index (κ1) is 16.4. The molecular weight excluding hydrogens is 296 g/mol. The number of carbonyl (C=O) groups is 1. The smallest absolute Gasteiger partial charge is 0.243 e. The lowest BCUT2D eigenvalue weighted by Gasteiger charge is -2.15. The van der Waals surface area contributed by atoms with Gasteiger partial charge in [0.1, 0.15) is 0 Å². The molecule has 3 nitrogen and oxygen atoms in total. The summed E-state index contributed by atoms with van der Waals surface area (Å²) in [7, 11) is 0. The summed E-state index contributed by atoms with van der Waals surface area (Å²) >= 11 is 5.92. The Bertz CT molecular complexity index is 668. The fourth-order valence-electron chi connectivity index (χ4n) is 2.30. The van der Waals surface area contributed by atoms with Crippen LogP contribution < -0.4 is 10.6 Å². The minimum absolute atomic E-state index is 0.0796. The number of halogens is 1. The molecule has 2 aromatic rings. The Balaban J connectivity index is 1.99. The number of aryl methyl sites for hydroxylation is 1. The first-order valence-electron chi connectivity index (χ1n) is 7.36. The first-order chi connectivity index (χ1) is 10.5. The van der Waals surface area contributed by atoms with Crippen molar-refractivity contribution in [1.29, 1.82) is 0 Å². The van der Waals surface area contributed by atoms with Gasteiger partial charge in [-0.15, -0.1) is 0 Å². The van der Waals surface area contributed by atoms with Crippen LogP contribution >= 0.6 is 11.6 Å². The van der Waals surface area contributed by atoms with E-state index in [9.17, 15) is 4.79 Å². The Morgan fingerprint density at radius 1 is 1.14 bits per heavy atom. The normalized spacial score (nSPS) is 10.6. The van der Waals surface area contributed by atoms with Crippen LogP contribution in [-0.2, 0) is 4.79 Å². The fraction of sp³-hybridized carbons (Fsp3) is 0.278. The van der Waals surface area contributed by atoms with Crippen LogP contribution in [0.5, 0.6) is 0 Å². The zero-order chi connectivity index (χ0) is 16.1. The van der Waals surface area contributed by atoms with E-state index >= 15 is 0 Å². The molecule has 1 amide bonds. The summed E-state index contributed by atoms with van der Waals surface area (Å²) in [4.78, 5) is 12.1. The van der Waals surface area contributed by atoms with Crippen molar-refractivity contribution in [3.63, 3.8) is 0 Å². The van der Waals surface area contributed by atoms with E-state index < -0.39 is 0 Å². The molecule has 2 aromatic carbocycles. The number of rotatable bonds is 5. The van der Waals surface area contributed by atoms with E-state index in [0.29, 0.717) is 10.9 Å². The number of anilines is 2. The molecule has 0 spiro atoms. The molecule has 2 rings (SSSR count). The first-order valence-corrected chi connectivity index (χ1v) is 7.74. The monoisotopic (exact) mass is 316 g/mol. The maximum atomic E-state index is 12.1. The second kappa shape index (κ2) is 7.32. The maximum Gasteiger partial charge on any atom is 0.243 e. The van der Waals surface area contributed by atoms with Crippen molar-refractivity contribution >= 4 is 28.9 Å². The fourth-order valence-corrected chi connectivity index (χ4v) is 2.53. The SMILES string of the molecule is Cc1cc(Cl)ccc1NC(=O)CNc1ccccc1C(C)C. The van der Waals surface area contributed by atoms with Crippen LogP contribution in [0, 0.1) is 6.92 Å². The summed E-state index contributed by atoms with van der Waals surface area (Å²) in [6, 6.07) is 13.5. The third-order valence-electron chi connectivity index (χ3n) is 3.48. The molecule has 0 fully saturated rings. The van der Waals surface area contributed by atoms with Gasteiger partial charge in [-0.05, 0) is 48.2 Å². The number of nitrogens with one attached hydrogen (secondary N) is 2. The quantitative estimate of drug-likeness (QED) is 0.830. The number of amides is 1. The predicted octanol–water partition coefficient (Wildman–Crippen LogP) is 4.82. The second-order valence-electron chi connectivity index (χ2n) is 5.60. The van der Waals surface area contributed by atoms with E-state index in [4.69, 9.17) is 11.6 Å². The van der Waals surface area contributed by atoms with E-state index in [1.54, 1.807) is 6.07 Å². The third kappa shape index (κ3) is 4.25. The highest BCUT2D eigenvalue weighted by atomic mass is 35.5. The molecule has 22 heavy (non-hydrogen) atoms. The molecule has 0 radical (unpaired) electrons. The summed E-state index contributed by atoms with van der Waals surface area (Å²) in [6.07, 6.45) is 0. The van der Waals surface area contributed by atoms with Gasteiger partial charge in [-0.1, -0.05) is 43.6 Å². The molecular formula is C18H21ClN2O. The van der Waals surface area contributed by atoms with Crippen LogP contribution in [0.25, 0.3) is 0 Å². The number of hydrogen-bond acceptors (Lipinski definition) is 2. The van der Waals surface area contributed by atoms with Crippen molar-refractivity contribution in [2.45, 2.75) is 26.7 Å². The number of hydrogen-bond donors (Lipinski definition) is 2. The molecule has 0 aliphatic rings. The van der Waals surface area contributed by atoms with E-state index in [2.05, 4.69) is 30.5 Å². The van der Waals surface area contributed by atoms with E-state index in [1.165, 1.54) is 5.56 Å². The molecule has 0 aliphatic carbocycles. The van der Waals surface area contributed by atoms with Crippen LogP contribution in [0.2, 0.25) is 5.02 Å². The largest absolute Gasteiger partial charge is 0.376 e. The van der Waals surface area contributed by atoms with E-state index in [1.807, 2.05) is 37.3 Å². The van der Waals surface area contributed by atoms with Gasteiger partial charge in [0, 0.05) is 16.4 Å². The van der Waals surface area contributed by atoms with Crippen LogP contribution in [0.15, 0.2) is 42.5 Å². The summed E-state index contributed by atoms with van der Waals surface area (Å²) in [5, 5.41) is 6.77. The van der Waals surface area contributed by atoms with Crippen molar-refractivity contribution in [3.05, 3.63) is 58.6 Å². The topological polar surface area (TPSA) is 41.1 Å². The maximum absolute atomic E-state index is 12.1. The summed E-state index contributed by atoms with van der Waals surface area (Å²) in [5.41, 5.74) is 3.94. The minimum Gasteiger partial charge on any atom is -0.376 e. The molecule has 4 heteroatoms. The van der Waals surface area contributed by atoms with Crippen molar-refractivity contribution in [3.8, 4) is 0 Å². The van der Waals surface area contributed by atoms with E-state index in [0.717, 1.165) is 16.9 Å². The Morgan fingerprint density at radius 2 is 1.86 bits per heavy atom. The Hall–Kier alpha value is -2.00. The molecule has 0 aromatic heterocycles. The highest BCUT2D eigenvalue weighted by Crippen LogP contribution is 2.23. The van der Waals surface area contributed by atoms with Crippen molar-refractivity contribution in [2.24, 2.45) is 0 Å². The predicted molar refractivity (Wildman–Crippen MR) is 93.8 cm³/mol. The average Bonchev–Trinajstić information content (AvgIpc) is 2.48. The lowest BCUT2D eigenvalue weighted by Crippen LogP contribution is -2.22. The molecule has 0 bridgehead atoms. The van der Waals surface area contributed by atoms with Gasteiger partial charge in [0.2, 0.25) is 5.91 Å². The average molecular weight is 317 g/mol. The molecule has 0 unspecified atom stereocenters. The van der Waals surface area contributed by atoms with Crippen LogP contribution in [-0.4, -0.2) is 12.5 Å². The van der Waals surface area contributed by atoms with Gasteiger partial charge in [-0.25, -0.2) is 0 Å². The minimum atomic E-state index is -0.0796. The molecule has 2 N–H and O–H groups in total. The van der Waals surface area contributed by atoms with Crippen LogP contribution in [0.3, 0.4) is 0 Å². The van der Waals surface area contributed by atoms with Crippen LogP contribution in [0.4, 0.5) is 11.4 Å². The lowest BCUT2D eigenvalue weighted by atomic mass is 10.0. The standard InChI is InChI=1S/C18H21ClN2O/c1-12(2)15-6-4-5-7-17(15)20-11-18(22)21-16-9-8-14(19)10-13(16)3/h4-10,12,20H,11H2,1-3H3,(H,21,22). The lowest BCUT2D eigenvalue weighted by molar-refractivity contribution is -0.114. The molecule has 0 saturated carbocycles. The number of benzene rings is 2. The zero-order valence-electron chi connectivity index (χ0n) is 13.1. The summed E-state index contributed by atoms with van der Waals surface area (Å²) in [5.74, 6) is 0.328. The molecule has 116 valence electrons. The van der Waals surface area contributed by atoms with Crippen molar-refractivity contribution in [2.75, 3.05) is 17.2 Å². The molecule has 0 aliphatic heterocycles. The van der Waals surface area contributed by atoms with Crippen molar-refractivity contribution in [1.82, 2.24) is 0 Å². The van der Waals surface area contributed by atoms with Gasteiger partial charge < -0.3 is 10.6 Å². The van der Waals surface area contributed by atoms with Gasteiger partial charge in [0.15, 0.2) is 0 Å². The molecule has 0 heterocycles. The Morgan fingerprint density at radius 3 is 2.55 bits per heavy atom. The molecule has 0 saturated heterocycles. The zero-order valence-corrected chi connectivity index (χ0v) is 13.9. The summed E-state index contributed by atoms with van der Waals surface area (Å²) < 4.78 is 0.